The SMILES string of the molecule is CCN(CC)CCOc1ccc(NC(=O)CSc2ccc3c(c2)OCCO3)cc1. The number of hydrogen-bond donors (Lipinski definition) is 1. The Morgan fingerprint density at radius 2 is 1.79 bits per heavy atom. The number of amides is 1. The Kier molecular flexibility index (Phi) is 8.07. The highest BCUT2D eigenvalue weighted by Crippen LogP contribution is 2.34. The Hall–Kier alpha value is -2.38. The van der Waals surface area contributed by atoms with Gasteiger partial charge in [0.15, 0.2) is 11.5 Å². The molecule has 0 radical (unpaired) electrons. The van der Waals surface area contributed by atoms with E-state index in [1.54, 1.807) is 0 Å². The van der Waals surface area contributed by atoms with Gasteiger partial charge in [0.05, 0.1) is 5.75 Å². The zero-order chi connectivity index (χ0) is 20.5. The predicted octanol–water partition coefficient (Wildman–Crippen LogP) is 3.91. The van der Waals surface area contributed by atoms with Crippen molar-refractivity contribution in [1.29, 1.82) is 0 Å². The van der Waals surface area contributed by atoms with Crippen LogP contribution in [0.1, 0.15) is 13.8 Å². The third kappa shape index (κ3) is 6.58. The number of thioether (sulfide) groups is 1. The second kappa shape index (κ2) is 11.0. The molecule has 0 atom stereocenters. The van der Waals surface area contributed by atoms with Crippen LogP contribution in [0.3, 0.4) is 0 Å². The minimum Gasteiger partial charge on any atom is -0.492 e. The summed E-state index contributed by atoms with van der Waals surface area (Å²) in [5, 5.41) is 2.91. The lowest BCUT2D eigenvalue weighted by molar-refractivity contribution is -0.113. The molecule has 0 aliphatic carbocycles. The fourth-order valence-electron chi connectivity index (χ4n) is 2.93. The van der Waals surface area contributed by atoms with Crippen LogP contribution in [0.15, 0.2) is 47.4 Å². The molecule has 6 nitrogen and oxygen atoms in total. The van der Waals surface area contributed by atoms with E-state index in [1.807, 2.05) is 42.5 Å². The average Bonchev–Trinajstić information content (AvgIpc) is 2.76. The molecular weight excluding hydrogens is 388 g/mol. The average molecular weight is 417 g/mol. The molecule has 1 heterocycles. The van der Waals surface area contributed by atoms with Crippen LogP contribution >= 0.6 is 11.8 Å². The first-order valence-corrected chi connectivity index (χ1v) is 10.9. The quantitative estimate of drug-likeness (QED) is 0.593. The molecule has 1 aliphatic heterocycles. The topological polar surface area (TPSA) is 60.0 Å². The minimum atomic E-state index is -0.0555. The number of ether oxygens (including phenoxy) is 3. The second-order valence-electron chi connectivity index (χ2n) is 6.54. The summed E-state index contributed by atoms with van der Waals surface area (Å²) in [6.45, 7) is 9.02. The van der Waals surface area contributed by atoms with Gasteiger partial charge >= 0.3 is 0 Å². The fourth-order valence-corrected chi connectivity index (χ4v) is 3.65. The minimum absolute atomic E-state index is 0.0555. The summed E-state index contributed by atoms with van der Waals surface area (Å²) < 4.78 is 16.9. The zero-order valence-corrected chi connectivity index (χ0v) is 17.8. The molecule has 0 aromatic heterocycles. The van der Waals surface area contributed by atoms with Crippen molar-refractivity contribution in [3.05, 3.63) is 42.5 Å². The molecule has 1 amide bonds. The van der Waals surface area contributed by atoms with Crippen LogP contribution in [0.4, 0.5) is 5.69 Å². The standard InChI is InChI=1S/C22H28N2O4S/c1-3-24(4-2)11-12-26-18-7-5-17(6-8-18)23-22(25)16-29-19-9-10-20-21(15-19)28-14-13-27-20/h5-10,15H,3-4,11-14,16H2,1-2H3,(H,23,25). The van der Waals surface area contributed by atoms with Crippen LogP contribution in [0, 0.1) is 0 Å². The van der Waals surface area contributed by atoms with E-state index in [9.17, 15) is 4.79 Å². The predicted molar refractivity (Wildman–Crippen MR) is 117 cm³/mol. The molecule has 156 valence electrons. The fraction of sp³-hybridized carbons (Fsp3) is 0.409. The number of likely N-dealkylation sites (N-methyl/N-ethyl adjacent to an activating group) is 1. The van der Waals surface area contributed by atoms with Crippen molar-refractivity contribution in [3.63, 3.8) is 0 Å². The maximum absolute atomic E-state index is 12.2. The van der Waals surface area contributed by atoms with Crippen LogP contribution < -0.4 is 19.5 Å². The summed E-state index contributed by atoms with van der Waals surface area (Å²) in [5.74, 6) is 2.56. The molecule has 3 rings (SSSR count). The lowest BCUT2D eigenvalue weighted by Crippen LogP contribution is -2.27. The maximum atomic E-state index is 12.2. The van der Waals surface area contributed by atoms with Gasteiger partial charge in [0, 0.05) is 17.1 Å². The summed E-state index contributed by atoms with van der Waals surface area (Å²) in [5.41, 5.74) is 0.758. The summed E-state index contributed by atoms with van der Waals surface area (Å²) in [4.78, 5) is 15.5. The summed E-state index contributed by atoms with van der Waals surface area (Å²) in [7, 11) is 0. The number of anilines is 1. The van der Waals surface area contributed by atoms with E-state index in [-0.39, 0.29) is 5.91 Å². The number of nitrogens with one attached hydrogen (secondary N) is 1. The smallest absolute Gasteiger partial charge is 0.234 e. The third-order valence-electron chi connectivity index (χ3n) is 4.59. The molecule has 0 bridgehead atoms. The Labute approximate surface area is 176 Å². The third-order valence-corrected chi connectivity index (χ3v) is 5.59. The molecular formula is C22H28N2O4S. The van der Waals surface area contributed by atoms with Gasteiger partial charge in [-0.2, -0.15) is 0 Å². The number of benzene rings is 2. The van der Waals surface area contributed by atoms with E-state index in [1.165, 1.54) is 11.8 Å². The van der Waals surface area contributed by atoms with Gasteiger partial charge in [-0.15, -0.1) is 11.8 Å². The molecule has 0 unspecified atom stereocenters. The highest BCUT2D eigenvalue weighted by Gasteiger charge is 2.12. The van der Waals surface area contributed by atoms with Crippen molar-refractivity contribution in [2.45, 2.75) is 18.7 Å². The molecule has 2 aromatic carbocycles. The van der Waals surface area contributed by atoms with Crippen LogP contribution in [0.2, 0.25) is 0 Å². The van der Waals surface area contributed by atoms with Gasteiger partial charge in [-0.1, -0.05) is 13.8 Å². The highest BCUT2D eigenvalue weighted by molar-refractivity contribution is 8.00. The normalized spacial score (nSPS) is 12.7. The van der Waals surface area contributed by atoms with E-state index in [0.29, 0.717) is 25.6 Å². The summed E-state index contributed by atoms with van der Waals surface area (Å²) in [6.07, 6.45) is 0. The van der Waals surface area contributed by atoms with E-state index < -0.39 is 0 Å². The summed E-state index contributed by atoms with van der Waals surface area (Å²) >= 11 is 1.46. The molecule has 0 saturated carbocycles. The van der Waals surface area contributed by atoms with Gasteiger partial charge in [0.25, 0.3) is 0 Å². The maximum Gasteiger partial charge on any atom is 0.234 e. The molecule has 29 heavy (non-hydrogen) atoms. The first-order chi connectivity index (χ1) is 14.2. The van der Waals surface area contributed by atoms with Crippen LogP contribution in [0.25, 0.3) is 0 Å². The Morgan fingerprint density at radius 3 is 2.52 bits per heavy atom. The monoisotopic (exact) mass is 416 g/mol. The molecule has 1 aliphatic rings. The Bertz CT molecular complexity index is 794. The van der Waals surface area contributed by atoms with Gasteiger partial charge in [0.2, 0.25) is 5.91 Å². The number of carbonyl (C=O) groups is 1. The van der Waals surface area contributed by atoms with E-state index >= 15 is 0 Å². The van der Waals surface area contributed by atoms with Crippen molar-refractivity contribution < 1.29 is 19.0 Å². The number of nitrogens with zero attached hydrogens (tertiary/aromatic N) is 1. The van der Waals surface area contributed by atoms with Gasteiger partial charge in [0.1, 0.15) is 25.6 Å². The first kappa shape index (κ1) is 21.3. The number of rotatable bonds is 10. The molecule has 0 spiro atoms. The second-order valence-corrected chi connectivity index (χ2v) is 7.59. The highest BCUT2D eigenvalue weighted by atomic mass is 32.2. The van der Waals surface area contributed by atoms with Crippen LogP contribution in [0.5, 0.6) is 17.2 Å². The molecule has 2 aromatic rings. The Morgan fingerprint density at radius 1 is 1.07 bits per heavy atom. The van der Waals surface area contributed by atoms with Crippen molar-refractivity contribution in [2.24, 2.45) is 0 Å². The molecule has 1 N–H and O–H groups in total. The molecule has 7 heteroatoms. The van der Waals surface area contributed by atoms with Crippen molar-refractivity contribution in [3.8, 4) is 17.2 Å². The van der Waals surface area contributed by atoms with E-state index in [4.69, 9.17) is 14.2 Å². The number of carbonyl (C=O) groups excluding carboxylic acids is 1. The van der Waals surface area contributed by atoms with Gasteiger partial charge in [-0.05, 0) is 55.6 Å². The van der Waals surface area contributed by atoms with E-state index in [2.05, 4.69) is 24.1 Å². The summed E-state index contributed by atoms with van der Waals surface area (Å²) in [6, 6.07) is 13.2. The molecule has 0 fully saturated rings. The van der Waals surface area contributed by atoms with Crippen molar-refractivity contribution >= 4 is 23.4 Å². The van der Waals surface area contributed by atoms with Gasteiger partial charge in [-0.25, -0.2) is 0 Å². The van der Waals surface area contributed by atoms with Crippen LogP contribution in [-0.4, -0.2) is 56.0 Å². The zero-order valence-electron chi connectivity index (χ0n) is 17.0. The van der Waals surface area contributed by atoms with Gasteiger partial charge in [-0.3, -0.25) is 4.79 Å². The van der Waals surface area contributed by atoms with Crippen molar-refractivity contribution in [2.75, 3.05) is 50.5 Å². The molecule has 0 saturated heterocycles. The van der Waals surface area contributed by atoms with E-state index in [0.717, 1.165) is 47.5 Å². The van der Waals surface area contributed by atoms with Crippen LogP contribution in [-0.2, 0) is 4.79 Å². The number of fused-ring (bicyclic) bond motifs is 1. The lowest BCUT2D eigenvalue weighted by atomic mass is 10.3. The number of hydrogen-bond acceptors (Lipinski definition) is 6. The first-order valence-electron chi connectivity index (χ1n) is 9.95. The Balaban J connectivity index is 1.42. The van der Waals surface area contributed by atoms with Gasteiger partial charge < -0.3 is 24.4 Å². The largest absolute Gasteiger partial charge is 0.492 e. The van der Waals surface area contributed by atoms with Crippen molar-refractivity contribution in [1.82, 2.24) is 4.90 Å². The lowest BCUT2D eigenvalue weighted by Gasteiger charge is -2.18.